The van der Waals surface area contributed by atoms with Gasteiger partial charge in [0.15, 0.2) is 0 Å². The Balaban J connectivity index is 1.88. The predicted octanol–water partition coefficient (Wildman–Crippen LogP) is 3.98. The summed E-state index contributed by atoms with van der Waals surface area (Å²) in [7, 11) is 0. The lowest BCUT2D eigenvalue weighted by molar-refractivity contribution is 0.268. The summed E-state index contributed by atoms with van der Waals surface area (Å²) in [5, 5.41) is 2.56. The molecule has 0 spiro atoms. The molecule has 0 aliphatic carbocycles. The average Bonchev–Trinajstić information content (AvgIpc) is 2.47. The predicted molar refractivity (Wildman–Crippen MR) is 85.6 cm³/mol. The van der Waals surface area contributed by atoms with Crippen molar-refractivity contribution in [3.8, 4) is 0 Å². The van der Waals surface area contributed by atoms with Crippen molar-refractivity contribution in [2.45, 2.75) is 20.3 Å². The summed E-state index contributed by atoms with van der Waals surface area (Å²) >= 11 is 0. The van der Waals surface area contributed by atoms with Crippen molar-refractivity contribution in [3.05, 3.63) is 48.3 Å². The second-order valence-electron chi connectivity index (χ2n) is 6.01. The molecule has 1 aliphatic rings. The van der Waals surface area contributed by atoms with Crippen LogP contribution in [-0.4, -0.2) is 29.5 Å². The summed E-state index contributed by atoms with van der Waals surface area (Å²) in [6.07, 6.45) is 5.40. The van der Waals surface area contributed by atoms with Gasteiger partial charge in [0.25, 0.3) is 0 Å². The number of pyridine rings is 1. The van der Waals surface area contributed by atoms with E-state index in [2.05, 4.69) is 60.1 Å². The molecular formula is C18H22N2. The highest BCUT2D eigenvalue weighted by Gasteiger charge is 2.15. The Morgan fingerprint density at radius 1 is 1.20 bits per heavy atom. The molecule has 0 radical (unpaired) electrons. The van der Waals surface area contributed by atoms with Crippen LogP contribution in [0.5, 0.6) is 0 Å². The largest absolute Gasteiger partial charge is 0.299 e. The van der Waals surface area contributed by atoms with Crippen molar-refractivity contribution in [1.82, 2.24) is 9.88 Å². The van der Waals surface area contributed by atoms with Crippen molar-refractivity contribution in [2.24, 2.45) is 5.92 Å². The van der Waals surface area contributed by atoms with Gasteiger partial charge < -0.3 is 0 Å². The van der Waals surface area contributed by atoms with Gasteiger partial charge in [-0.25, -0.2) is 0 Å². The third kappa shape index (κ3) is 2.75. The fourth-order valence-electron chi connectivity index (χ4n) is 2.98. The first kappa shape index (κ1) is 13.3. The molecule has 0 fully saturated rings. The van der Waals surface area contributed by atoms with Gasteiger partial charge in [-0.3, -0.25) is 9.88 Å². The Hall–Kier alpha value is -1.67. The Morgan fingerprint density at radius 3 is 2.80 bits per heavy atom. The summed E-state index contributed by atoms with van der Waals surface area (Å²) in [5.74, 6) is 0.737. The van der Waals surface area contributed by atoms with Crippen LogP contribution in [0.4, 0.5) is 0 Å². The molecule has 0 amide bonds. The maximum absolute atomic E-state index is 4.63. The van der Waals surface area contributed by atoms with E-state index in [0.717, 1.165) is 25.4 Å². The SMILES string of the molecule is CC(C)CN1CC=C(c2nccc3ccccc23)CC1. The van der Waals surface area contributed by atoms with Crippen molar-refractivity contribution in [2.75, 3.05) is 19.6 Å². The van der Waals surface area contributed by atoms with Crippen LogP contribution < -0.4 is 0 Å². The molecule has 0 unspecified atom stereocenters. The Morgan fingerprint density at radius 2 is 2.05 bits per heavy atom. The molecule has 0 bridgehead atoms. The number of benzene rings is 1. The van der Waals surface area contributed by atoms with E-state index in [1.165, 1.54) is 28.6 Å². The summed E-state index contributed by atoms with van der Waals surface area (Å²) < 4.78 is 0. The lowest BCUT2D eigenvalue weighted by Gasteiger charge is -2.27. The van der Waals surface area contributed by atoms with Crippen LogP contribution in [0.2, 0.25) is 0 Å². The zero-order valence-corrected chi connectivity index (χ0v) is 12.3. The Labute approximate surface area is 121 Å². The van der Waals surface area contributed by atoms with E-state index in [1.54, 1.807) is 0 Å². The van der Waals surface area contributed by atoms with Crippen LogP contribution in [0.3, 0.4) is 0 Å². The minimum Gasteiger partial charge on any atom is -0.299 e. The highest BCUT2D eigenvalue weighted by molar-refractivity contribution is 5.92. The van der Waals surface area contributed by atoms with Crippen LogP contribution in [0.15, 0.2) is 42.6 Å². The van der Waals surface area contributed by atoms with Gasteiger partial charge in [0, 0.05) is 31.2 Å². The molecule has 3 rings (SSSR count). The van der Waals surface area contributed by atoms with Gasteiger partial charge in [-0.15, -0.1) is 0 Å². The van der Waals surface area contributed by atoms with Crippen LogP contribution in [0.25, 0.3) is 16.3 Å². The maximum Gasteiger partial charge on any atom is 0.0737 e. The topological polar surface area (TPSA) is 16.1 Å². The van der Waals surface area contributed by atoms with Gasteiger partial charge in [0.1, 0.15) is 0 Å². The van der Waals surface area contributed by atoms with E-state index >= 15 is 0 Å². The third-order valence-corrected chi connectivity index (χ3v) is 3.89. The molecule has 20 heavy (non-hydrogen) atoms. The highest BCUT2D eigenvalue weighted by Crippen LogP contribution is 2.27. The molecule has 1 aromatic carbocycles. The second kappa shape index (κ2) is 5.76. The number of aromatic nitrogens is 1. The summed E-state index contributed by atoms with van der Waals surface area (Å²) in [5.41, 5.74) is 2.58. The number of fused-ring (bicyclic) bond motifs is 1. The molecular weight excluding hydrogens is 244 g/mol. The molecule has 0 N–H and O–H groups in total. The molecule has 1 aliphatic heterocycles. The van der Waals surface area contributed by atoms with Gasteiger partial charge in [0.2, 0.25) is 0 Å². The van der Waals surface area contributed by atoms with E-state index in [1.807, 2.05) is 6.20 Å². The van der Waals surface area contributed by atoms with Crippen molar-refractivity contribution in [1.29, 1.82) is 0 Å². The molecule has 2 heterocycles. The maximum atomic E-state index is 4.63. The fraction of sp³-hybridized carbons (Fsp3) is 0.389. The average molecular weight is 266 g/mol. The van der Waals surface area contributed by atoms with Crippen molar-refractivity contribution >= 4 is 16.3 Å². The molecule has 104 valence electrons. The first-order valence-electron chi connectivity index (χ1n) is 7.49. The quantitative estimate of drug-likeness (QED) is 0.835. The number of hydrogen-bond acceptors (Lipinski definition) is 2. The zero-order chi connectivity index (χ0) is 13.9. The van der Waals surface area contributed by atoms with E-state index < -0.39 is 0 Å². The van der Waals surface area contributed by atoms with E-state index in [9.17, 15) is 0 Å². The monoisotopic (exact) mass is 266 g/mol. The third-order valence-electron chi connectivity index (χ3n) is 3.89. The summed E-state index contributed by atoms with van der Waals surface area (Å²) in [4.78, 5) is 7.16. The Bertz CT molecular complexity index is 623. The smallest absolute Gasteiger partial charge is 0.0737 e. The zero-order valence-electron chi connectivity index (χ0n) is 12.3. The lowest BCUT2D eigenvalue weighted by atomic mass is 9.99. The van der Waals surface area contributed by atoms with Gasteiger partial charge in [-0.1, -0.05) is 44.2 Å². The molecule has 2 aromatic rings. The lowest BCUT2D eigenvalue weighted by Crippen LogP contribution is -2.31. The van der Waals surface area contributed by atoms with Crippen molar-refractivity contribution in [3.63, 3.8) is 0 Å². The molecule has 2 nitrogen and oxygen atoms in total. The molecule has 0 saturated heterocycles. The first-order chi connectivity index (χ1) is 9.74. The highest BCUT2D eigenvalue weighted by atomic mass is 15.1. The van der Waals surface area contributed by atoms with Gasteiger partial charge in [-0.05, 0) is 29.4 Å². The molecule has 0 saturated carbocycles. The summed E-state index contributed by atoms with van der Waals surface area (Å²) in [6.45, 7) is 7.96. The number of nitrogens with zero attached hydrogens (tertiary/aromatic N) is 2. The fourth-order valence-corrected chi connectivity index (χ4v) is 2.98. The normalized spacial score (nSPS) is 16.6. The number of hydrogen-bond donors (Lipinski definition) is 0. The second-order valence-corrected chi connectivity index (χ2v) is 6.01. The number of rotatable bonds is 3. The van der Waals surface area contributed by atoms with Crippen LogP contribution in [0.1, 0.15) is 26.0 Å². The summed E-state index contributed by atoms with van der Waals surface area (Å²) in [6, 6.07) is 10.6. The van der Waals surface area contributed by atoms with Crippen molar-refractivity contribution < 1.29 is 0 Å². The van der Waals surface area contributed by atoms with Crippen LogP contribution in [0, 0.1) is 5.92 Å². The molecule has 1 aromatic heterocycles. The van der Waals surface area contributed by atoms with E-state index in [4.69, 9.17) is 0 Å². The van der Waals surface area contributed by atoms with E-state index in [-0.39, 0.29) is 0 Å². The van der Waals surface area contributed by atoms with Gasteiger partial charge >= 0.3 is 0 Å². The minimum absolute atomic E-state index is 0.737. The van der Waals surface area contributed by atoms with Crippen LogP contribution in [-0.2, 0) is 0 Å². The van der Waals surface area contributed by atoms with Gasteiger partial charge in [0.05, 0.1) is 5.69 Å². The first-order valence-corrected chi connectivity index (χ1v) is 7.49. The molecule has 0 atom stereocenters. The Kier molecular flexibility index (Phi) is 3.83. The molecule has 2 heteroatoms. The minimum atomic E-state index is 0.737. The standard InChI is InChI=1S/C18H22N2/c1-14(2)13-20-11-8-16(9-12-20)18-17-6-4-3-5-15(17)7-10-19-18/h3-8,10,14H,9,11-13H2,1-2H3. The van der Waals surface area contributed by atoms with Gasteiger partial charge in [-0.2, -0.15) is 0 Å². The van der Waals surface area contributed by atoms with Crippen LogP contribution >= 0.6 is 0 Å². The van der Waals surface area contributed by atoms with E-state index in [0.29, 0.717) is 0 Å².